The Balaban J connectivity index is 1.25. The number of nitrogen functional groups attached to an aromatic ring is 1. The molecule has 0 bridgehead atoms. The summed E-state index contributed by atoms with van der Waals surface area (Å²) >= 11 is 0. The predicted octanol–water partition coefficient (Wildman–Crippen LogP) is 2.24. The first kappa shape index (κ1) is 22.5. The monoisotopic (exact) mass is 477 g/mol. The van der Waals surface area contributed by atoms with Crippen LogP contribution in [0.5, 0.6) is 0 Å². The molecule has 1 aliphatic rings. The summed E-state index contributed by atoms with van der Waals surface area (Å²) < 4.78 is 21.9. The number of carbonyl (C=O) groups excluding carboxylic acids is 2. The Morgan fingerprint density at radius 1 is 1.29 bits per heavy atom. The van der Waals surface area contributed by atoms with Crippen LogP contribution in [0.3, 0.4) is 0 Å². The van der Waals surface area contributed by atoms with Crippen LogP contribution in [0.2, 0.25) is 0 Å². The number of benzene rings is 2. The first-order valence-electron chi connectivity index (χ1n) is 11.1. The van der Waals surface area contributed by atoms with Gasteiger partial charge in [-0.25, -0.2) is 9.37 Å². The second kappa shape index (κ2) is 9.18. The highest BCUT2D eigenvalue weighted by Gasteiger charge is 2.32. The molecule has 1 atom stereocenters. The van der Waals surface area contributed by atoms with E-state index in [1.165, 1.54) is 11.0 Å². The maximum atomic E-state index is 15.0. The average molecular weight is 478 g/mol. The Morgan fingerprint density at radius 3 is 2.94 bits per heavy atom. The highest BCUT2D eigenvalue weighted by molar-refractivity contribution is 6.00. The van der Waals surface area contributed by atoms with E-state index in [0.717, 1.165) is 5.82 Å². The van der Waals surface area contributed by atoms with Gasteiger partial charge in [0.1, 0.15) is 11.6 Å². The maximum Gasteiger partial charge on any atom is 0.251 e. The van der Waals surface area contributed by atoms with Crippen molar-refractivity contribution in [3.05, 3.63) is 66.0 Å². The van der Waals surface area contributed by atoms with Crippen molar-refractivity contribution in [2.45, 2.75) is 13.0 Å². The van der Waals surface area contributed by atoms with Gasteiger partial charge in [-0.1, -0.05) is 5.16 Å². The van der Waals surface area contributed by atoms with Crippen molar-refractivity contribution in [2.24, 2.45) is 5.92 Å². The van der Waals surface area contributed by atoms with Gasteiger partial charge in [0.2, 0.25) is 5.91 Å². The molecule has 1 fully saturated rings. The number of hydrogen-bond donors (Lipinski definition) is 3. The molecular formula is C24H24FN7O3. The third-order valence-electron chi connectivity index (χ3n) is 6.07. The van der Waals surface area contributed by atoms with E-state index in [1.807, 2.05) is 7.05 Å². The van der Waals surface area contributed by atoms with Crippen molar-refractivity contribution in [3.63, 3.8) is 0 Å². The molecule has 2 aromatic carbocycles. The third-order valence-corrected chi connectivity index (χ3v) is 6.07. The second-order valence-corrected chi connectivity index (χ2v) is 8.44. The normalized spacial score (nSPS) is 15.8. The Labute approximate surface area is 199 Å². The number of nitrogens with two attached hydrogens (primary N) is 1. The molecule has 10 nitrogen and oxygen atoms in total. The number of halogens is 1. The fraction of sp³-hybridized carbons (Fsp3) is 0.250. The molecule has 180 valence electrons. The molecule has 0 spiro atoms. The minimum absolute atomic E-state index is 0.147. The third kappa shape index (κ3) is 4.33. The molecule has 11 heteroatoms. The van der Waals surface area contributed by atoms with Crippen LogP contribution < -0.4 is 21.3 Å². The largest absolute Gasteiger partial charge is 0.380 e. The summed E-state index contributed by atoms with van der Waals surface area (Å²) in [4.78, 5) is 31.0. The standard InChI is InChI=1S/C24H24FN7O3/c1-27-12-21-28-6-7-31(21)16-3-4-19(18(25)10-16)32-13-14(8-22(32)33)11-29-24(34)15-2-5-20-17(9-15)23(26)30-35-20/h2-7,9-10,14,27H,8,11-13H2,1H3,(H2,26,30)(H,29,34). The lowest BCUT2D eigenvalue weighted by molar-refractivity contribution is -0.117. The van der Waals surface area contributed by atoms with Gasteiger partial charge >= 0.3 is 0 Å². The molecule has 3 heterocycles. The number of nitrogens with one attached hydrogen (secondary N) is 2. The molecule has 5 rings (SSSR count). The SMILES string of the molecule is CNCc1nccn1-c1ccc(N2CC(CNC(=O)c3ccc4onc(N)c4c3)CC2=O)c(F)c1. The zero-order chi connectivity index (χ0) is 24.5. The molecule has 1 unspecified atom stereocenters. The molecule has 2 aromatic heterocycles. The Bertz CT molecular complexity index is 1410. The fourth-order valence-electron chi connectivity index (χ4n) is 4.31. The Hall–Kier alpha value is -4.25. The van der Waals surface area contributed by atoms with Crippen LogP contribution in [0.15, 0.2) is 53.3 Å². The van der Waals surface area contributed by atoms with Crippen LogP contribution in [0.25, 0.3) is 16.7 Å². The lowest BCUT2D eigenvalue weighted by atomic mass is 10.1. The van der Waals surface area contributed by atoms with E-state index in [-0.39, 0.29) is 42.2 Å². The zero-order valence-electron chi connectivity index (χ0n) is 19.0. The summed E-state index contributed by atoms with van der Waals surface area (Å²) in [6, 6.07) is 9.62. The van der Waals surface area contributed by atoms with Crippen molar-refractivity contribution in [1.29, 1.82) is 0 Å². The predicted molar refractivity (Wildman–Crippen MR) is 128 cm³/mol. The van der Waals surface area contributed by atoms with E-state index in [2.05, 4.69) is 20.8 Å². The molecule has 0 radical (unpaired) electrons. The molecule has 2 amide bonds. The van der Waals surface area contributed by atoms with Gasteiger partial charge in [0, 0.05) is 55.1 Å². The van der Waals surface area contributed by atoms with E-state index in [1.54, 1.807) is 47.3 Å². The molecule has 35 heavy (non-hydrogen) atoms. The van der Waals surface area contributed by atoms with Crippen LogP contribution in [0, 0.1) is 11.7 Å². The quantitative estimate of drug-likeness (QED) is 0.372. The van der Waals surface area contributed by atoms with Crippen molar-refractivity contribution >= 4 is 34.3 Å². The smallest absolute Gasteiger partial charge is 0.251 e. The minimum atomic E-state index is -0.496. The molecule has 0 aliphatic carbocycles. The van der Waals surface area contributed by atoms with E-state index < -0.39 is 5.82 Å². The van der Waals surface area contributed by atoms with E-state index in [4.69, 9.17) is 10.3 Å². The van der Waals surface area contributed by atoms with Gasteiger partial charge in [0.05, 0.1) is 17.6 Å². The first-order valence-corrected chi connectivity index (χ1v) is 11.1. The van der Waals surface area contributed by atoms with Gasteiger partial charge in [0.25, 0.3) is 5.91 Å². The summed E-state index contributed by atoms with van der Waals surface area (Å²) in [5.41, 5.74) is 7.50. The number of fused-ring (bicyclic) bond motifs is 1. The lowest BCUT2D eigenvalue weighted by Gasteiger charge is -2.19. The van der Waals surface area contributed by atoms with E-state index >= 15 is 4.39 Å². The molecule has 4 N–H and O–H groups in total. The van der Waals surface area contributed by atoms with Gasteiger partial charge in [-0.05, 0) is 37.4 Å². The van der Waals surface area contributed by atoms with Gasteiger partial charge in [-0.3, -0.25) is 9.59 Å². The Kier molecular flexibility index (Phi) is 5.91. The van der Waals surface area contributed by atoms with Crippen molar-refractivity contribution < 1.29 is 18.5 Å². The van der Waals surface area contributed by atoms with Crippen molar-refractivity contribution in [1.82, 2.24) is 25.3 Å². The van der Waals surface area contributed by atoms with Crippen LogP contribution in [0.1, 0.15) is 22.6 Å². The van der Waals surface area contributed by atoms with Gasteiger partial charge < -0.3 is 30.4 Å². The number of aromatic nitrogens is 3. The number of carbonyl (C=O) groups is 2. The van der Waals surface area contributed by atoms with Crippen LogP contribution in [-0.4, -0.2) is 46.7 Å². The molecular weight excluding hydrogens is 453 g/mol. The van der Waals surface area contributed by atoms with Gasteiger partial charge in [-0.15, -0.1) is 0 Å². The molecule has 0 saturated carbocycles. The van der Waals surface area contributed by atoms with Crippen LogP contribution >= 0.6 is 0 Å². The highest BCUT2D eigenvalue weighted by atomic mass is 19.1. The first-order chi connectivity index (χ1) is 16.9. The van der Waals surface area contributed by atoms with E-state index in [9.17, 15) is 9.59 Å². The summed E-state index contributed by atoms with van der Waals surface area (Å²) in [6.45, 7) is 1.12. The highest BCUT2D eigenvalue weighted by Crippen LogP contribution is 2.29. The Morgan fingerprint density at radius 2 is 2.14 bits per heavy atom. The molecule has 1 saturated heterocycles. The van der Waals surface area contributed by atoms with Crippen molar-refractivity contribution in [3.8, 4) is 5.69 Å². The second-order valence-electron chi connectivity index (χ2n) is 8.44. The fourth-order valence-corrected chi connectivity index (χ4v) is 4.31. The molecule has 1 aliphatic heterocycles. The summed E-state index contributed by atoms with van der Waals surface area (Å²) in [5, 5.41) is 10.1. The minimum Gasteiger partial charge on any atom is -0.380 e. The van der Waals surface area contributed by atoms with E-state index in [0.29, 0.717) is 35.3 Å². The number of nitrogens with zero attached hydrogens (tertiary/aromatic N) is 4. The zero-order valence-corrected chi connectivity index (χ0v) is 19.0. The topological polar surface area (TPSA) is 131 Å². The lowest BCUT2D eigenvalue weighted by Crippen LogP contribution is -2.31. The van der Waals surface area contributed by atoms with Gasteiger partial charge in [-0.2, -0.15) is 0 Å². The summed E-state index contributed by atoms with van der Waals surface area (Å²) in [7, 11) is 1.81. The molecule has 4 aromatic rings. The van der Waals surface area contributed by atoms with Crippen LogP contribution in [-0.2, 0) is 11.3 Å². The number of hydrogen-bond acceptors (Lipinski definition) is 7. The number of amides is 2. The maximum absolute atomic E-state index is 15.0. The average Bonchev–Trinajstić information content (AvgIpc) is 3.56. The number of rotatable bonds is 7. The number of anilines is 2. The summed E-state index contributed by atoms with van der Waals surface area (Å²) in [5.74, 6) is -0.167. The summed E-state index contributed by atoms with van der Waals surface area (Å²) in [6.07, 6.45) is 3.63. The number of imidazole rings is 1. The van der Waals surface area contributed by atoms with Gasteiger partial charge in [0.15, 0.2) is 11.4 Å². The van der Waals surface area contributed by atoms with Crippen molar-refractivity contribution in [2.75, 3.05) is 30.8 Å². The van der Waals surface area contributed by atoms with Crippen LogP contribution in [0.4, 0.5) is 15.9 Å².